The minimum atomic E-state index is -0.325. The van der Waals surface area contributed by atoms with Crippen molar-refractivity contribution in [3.63, 3.8) is 0 Å². The van der Waals surface area contributed by atoms with E-state index in [0.717, 1.165) is 5.56 Å². The Morgan fingerprint density at radius 3 is 2.27 bits per heavy atom. The van der Waals surface area contributed by atoms with Gasteiger partial charge in [-0.05, 0) is 50.2 Å². The van der Waals surface area contributed by atoms with Crippen LogP contribution in [-0.4, -0.2) is 11.9 Å². The molecule has 0 aliphatic carbocycles. The van der Waals surface area contributed by atoms with E-state index in [9.17, 15) is 9.18 Å². The molecule has 2 aromatic carbocycles. The molecule has 2 rings (SSSR count). The molecule has 0 unspecified atom stereocenters. The minimum absolute atomic E-state index is 0.118. The molecule has 0 aromatic heterocycles. The summed E-state index contributed by atoms with van der Waals surface area (Å²) in [6.45, 7) is 3.87. The molecular weight excluding hydrogens is 303 g/mol. The predicted molar refractivity (Wildman–Crippen MR) is 86.3 cm³/mol. The molecule has 3 nitrogen and oxygen atoms in total. The Labute approximate surface area is 134 Å². The van der Waals surface area contributed by atoms with Crippen molar-refractivity contribution < 1.29 is 14.5 Å². The van der Waals surface area contributed by atoms with Crippen LogP contribution in [-0.2, 0) is 4.79 Å². The maximum Gasteiger partial charge on any atom is 0.282 e. The first-order valence-electron chi connectivity index (χ1n) is 7.12. The molecule has 2 atom stereocenters. The first kappa shape index (κ1) is 16.5. The Hall–Kier alpha value is -1.91. The monoisotopic (exact) mass is 321 g/mol. The van der Waals surface area contributed by atoms with Crippen LogP contribution in [0, 0.1) is 5.82 Å². The van der Waals surface area contributed by atoms with Gasteiger partial charge in [-0.2, -0.15) is 0 Å². The molecule has 0 bridgehead atoms. The highest BCUT2D eigenvalue weighted by Gasteiger charge is 2.20. The summed E-state index contributed by atoms with van der Waals surface area (Å²) in [5.74, 6) is -0.443. The van der Waals surface area contributed by atoms with Crippen LogP contribution in [0.5, 0.6) is 0 Å². The van der Waals surface area contributed by atoms with Gasteiger partial charge in [-0.1, -0.05) is 23.7 Å². The predicted octanol–water partition coefficient (Wildman–Crippen LogP) is 3.13. The number of hydrogen-bond acceptors (Lipinski definition) is 1. The van der Waals surface area contributed by atoms with Crippen molar-refractivity contribution in [2.75, 3.05) is 5.32 Å². The van der Waals surface area contributed by atoms with Gasteiger partial charge >= 0.3 is 0 Å². The van der Waals surface area contributed by atoms with E-state index in [2.05, 4.69) is 5.32 Å². The number of carbonyl (C=O) groups excluding carboxylic acids is 1. The van der Waals surface area contributed by atoms with Crippen molar-refractivity contribution in [1.29, 1.82) is 0 Å². The summed E-state index contributed by atoms with van der Waals surface area (Å²) in [6, 6.07) is 13.2. The van der Waals surface area contributed by atoms with Crippen molar-refractivity contribution in [2.45, 2.75) is 25.9 Å². The fourth-order valence-corrected chi connectivity index (χ4v) is 2.31. The average molecular weight is 322 g/mol. The summed E-state index contributed by atoms with van der Waals surface area (Å²) < 4.78 is 12.8. The van der Waals surface area contributed by atoms with Crippen molar-refractivity contribution in [3.05, 3.63) is 64.9 Å². The fourth-order valence-electron chi connectivity index (χ4n) is 2.19. The molecule has 0 radical (unpaired) electrons. The Morgan fingerprint density at radius 2 is 1.68 bits per heavy atom. The summed E-state index contributed by atoms with van der Waals surface area (Å²) in [5, 5.41) is 5.44. The number of quaternary nitrogens is 1. The topological polar surface area (TPSA) is 45.7 Å². The molecule has 0 aliphatic rings. The molecule has 5 heteroatoms. The van der Waals surface area contributed by atoms with E-state index < -0.39 is 0 Å². The van der Waals surface area contributed by atoms with Gasteiger partial charge in [0.1, 0.15) is 11.9 Å². The lowest BCUT2D eigenvalue weighted by Crippen LogP contribution is -2.91. The van der Waals surface area contributed by atoms with Crippen LogP contribution >= 0.6 is 11.6 Å². The number of amides is 1. The first-order chi connectivity index (χ1) is 10.5. The lowest BCUT2D eigenvalue weighted by Gasteiger charge is -2.17. The van der Waals surface area contributed by atoms with Gasteiger partial charge in [-0.3, -0.25) is 4.79 Å². The maximum absolute atomic E-state index is 12.8. The molecule has 116 valence electrons. The van der Waals surface area contributed by atoms with E-state index in [1.807, 2.05) is 43.4 Å². The highest BCUT2D eigenvalue weighted by Crippen LogP contribution is 2.14. The van der Waals surface area contributed by atoms with Crippen molar-refractivity contribution in [2.24, 2.45) is 0 Å². The molecule has 22 heavy (non-hydrogen) atoms. The van der Waals surface area contributed by atoms with Gasteiger partial charge in [0.05, 0.1) is 0 Å². The molecule has 0 spiro atoms. The highest BCUT2D eigenvalue weighted by molar-refractivity contribution is 6.30. The van der Waals surface area contributed by atoms with Crippen LogP contribution in [0.3, 0.4) is 0 Å². The molecular formula is C17H19ClFN2O+. The summed E-state index contributed by atoms with van der Waals surface area (Å²) >= 11 is 5.87. The molecule has 3 N–H and O–H groups in total. The Bertz CT molecular complexity index is 628. The molecule has 0 saturated carbocycles. The summed E-state index contributed by atoms with van der Waals surface area (Å²) in [7, 11) is 0. The number of anilines is 1. The Kier molecular flexibility index (Phi) is 5.52. The Balaban J connectivity index is 1.93. The molecule has 0 fully saturated rings. The summed E-state index contributed by atoms with van der Waals surface area (Å²) in [6.07, 6.45) is 0. The van der Waals surface area contributed by atoms with E-state index in [4.69, 9.17) is 11.6 Å². The second-order valence-corrected chi connectivity index (χ2v) is 5.75. The van der Waals surface area contributed by atoms with E-state index >= 15 is 0 Å². The van der Waals surface area contributed by atoms with E-state index in [1.165, 1.54) is 12.1 Å². The zero-order valence-corrected chi connectivity index (χ0v) is 13.3. The zero-order chi connectivity index (χ0) is 16.1. The largest absolute Gasteiger partial charge is 0.330 e. The molecule has 0 saturated heterocycles. The van der Waals surface area contributed by atoms with Gasteiger partial charge in [0, 0.05) is 16.3 Å². The van der Waals surface area contributed by atoms with Crippen LogP contribution < -0.4 is 10.6 Å². The number of benzene rings is 2. The van der Waals surface area contributed by atoms with Crippen molar-refractivity contribution in [3.8, 4) is 0 Å². The normalized spacial score (nSPS) is 13.5. The van der Waals surface area contributed by atoms with E-state index in [1.54, 1.807) is 12.1 Å². The SMILES string of the molecule is C[C@H]([NH2+][C@@H](C)c1ccc(Cl)cc1)C(=O)Nc1ccc(F)cc1. The van der Waals surface area contributed by atoms with E-state index in [-0.39, 0.29) is 23.8 Å². The third kappa shape index (κ3) is 4.55. The fraction of sp³-hybridized carbons (Fsp3) is 0.235. The van der Waals surface area contributed by atoms with E-state index in [0.29, 0.717) is 10.7 Å². The lowest BCUT2D eigenvalue weighted by atomic mass is 10.1. The van der Waals surface area contributed by atoms with Crippen molar-refractivity contribution in [1.82, 2.24) is 0 Å². The molecule has 2 aromatic rings. The minimum Gasteiger partial charge on any atom is -0.330 e. The van der Waals surface area contributed by atoms with Crippen LogP contribution in [0.2, 0.25) is 5.02 Å². The number of carbonyl (C=O) groups is 1. The standard InChI is InChI=1S/C17H18ClFN2O/c1-11(13-3-5-14(18)6-4-13)20-12(2)17(22)21-16-9-7-15(19)8-10-16/h3-12,20H,1-2H3,(H,21,22)/p+1/t11-,12-/m0/s1. The van der Waals surface area contributed by atoms with Crippen LogP contribution in [0.4, 0.5) is 10.1 Å². The first-order valence-corrected chi connectivity index (χ1v) is 7.50. The van der Waals surface area contributed by atoms with Crippen LogP contribution in [0.15, 0.2) is 48.5 Å². The lowest BCUT2D eigenvalue weighted by molar-refractivity contribution is -0.709. The number of nitrogens with two attached hydrogens (primary N) is 1. The molecule has 0 aliphatic heterocycles. The zero-order valence-electron chi connectivity index (χ0n) is 12.5. The van der Waals surface area contributed by atoms with Gasteiger partial charge in [-0.25, -0.2) is 4.39 Å². The quantitative estimate of drug-likeness (QED) is 0.873. The molecule has 0 heterocycles. The number of hydrogen-bond donors (Lipinski definition) is 2. The summed E-state index contributed by atoms with van der Waals surface area (Å²) in [5.41, 5.74) is 1.69. The van der Waals surface area contributed by atoms with Gasteiger partial charge in [-0.15, -0.1) is 0 Å². The molecule has 1 amide bonds. The van der Waals surface area contributed by atoms with Crippen LogP contribution in [0.25, 0.3) is 0 Å². The third-order valence-electron chi connectivity index (χ3n) is 3.50. The van der Waals surface area contributed by atoms with Crippen molar-refractivity contribution >= 4 is 23.2 Å². The maximum atomic E-state index is 12.8. The number of nitrogens with one attached hydrogen (secondary N) is 1. The smallest absolute Gasteiger partial charge is 0.282 e. The second kappa shape index (κ2) is 7.38. The van der Waals surface area contributed by atoms with Gasteiger partial charge in [0.15, 0.2) is 6.04 Å². The van der Waals surface area contributed by atoms with Gasteiger partial charge in [0.2, 0.25) is 0 Å². The summed E-state index contributed by atoms with van der Waals surface area (Å²) in [4.78, 5) is 12.2. The number of halogens is 2. The third-order valence-corrected chi connectivity index (χ3v) is 3.75. The van der Waals surface area contributed by atoms with Gasteiger partial charge < -0.3 is 10.6 Å². The Morgan fingerprint density at radius 1 is 1.09 bits per heavy atom. The second-order valence-electron chi connectivity index (χ2n) is 5.32. The average Bonchev–Trinajstić information content (AvgIpc) is 2.50. The highest BCUT2D eigenvalue weighted by atomic mass is 35.5. The van der Waals surface area contributed by atoms with Crippen LogP contribution in [0.1, 0.15) is 25.5 Å². The van der Waals surface area contributed by atoms with Gasteiger partial charge in [0.25, 0.3) is 5.91 Å². The number of rotatable bonds is 5.